The Kier molecular flexibility index (Phi) is 3.44. The first-order chi connectivity index (χ1) is 8.08. The maximum absolute atomic E-state index is 12.0. The van der Waals surface area contributed by atoms with Crippen molar-refractivity contribution in [3.63, 3.8) is 0 Å². The molecule has 1 heterocycles. The highest BCUT2D eigenvalue weighted by atomic mass is 79.9. The van der Waals surface area contributed by atoms with Crippen molar-refractivity contribution in [2.45, 2.75) is 6.92 Å². The zero-order valence-electron chi connectivity index (χ0n) is 9.03. The molecule has 0 aliphatic carbocycles. The molecule has 0 saturated carbocycles. The molecule has 1 aromatic heterocycles. The van der Waals surface area contributed by atoms with Crippen LogP contribution in [0.4, 0.5) is 10.8 Å². The summed E-state index contributed by atoms with van der Waals surface area (Å²) in [6, 6.07) is 5.37. The Balaban J connectivity index is 2.23. The van der Waals surface area contributed by atoms with Gasteiger partial charge in [0, 0.05) is 5.69 Å². The lowest BCUT2D eigenvalue weighted by molar-refractivity contribution is 0.102. The summed E-state index contributed by atoms with van der Waals surface area (Å²) in [4.78, 5) is 16.0. The lowest BCUT2D eigenvalue weighted by Gasteiger charge is -2.07. The SMILES string of the molecule is Cc1cccc(C(=O)Nc2ncc(Br)s2)c1N. The second-order valence-electron chi connectivity index (χ2n) is 3.46. The first-order valence-corrected chi connectivity index (χ1v) is 6.46. The average Bonchev–Trinajstić information content (AvgIpc) is 2.68. The molecule has 88 valence electrons. The van der Waals surface area contributed by atoms with Crippen LogP contribution < -0.4 is 11.1 Å². The van der Waals surface area contributed by atoms with Crippen molar-refractivity contribution in [1.82, 2.24) is 4.98 Å². The second-order valence-corrected chi connectivity index (χ2v) is 5.87. The fourth-order valence-electron chi connectivity index (χ4n) is 1.36. The molecule has 17 heavy (non-hydrogen) atoms. The van der Waals surface area contributed by atoms with E-state index in [2.05, 4.69) is 26.2 Å². The highest BCUT2D eigenvalue weighted by Gasteiger charge is 2.12. The number of hydrogen-bond donors (Lipinski definition) is 2. The smallest absolute Gasteiger partial charge is 0.259 e. The van der Waals surface area contributed by atoms with Gasteiger partial charge in [-0.15, -0.1) is 0 Å². The van der Waals surface area contributed by atoms with E-state index >= 15 is 0 Å². The second kappa shape index (κ2) is 4.85. The van der Waals surface area contributed by atoms with E-state index in [0.717, 1.165) is 9.35 Å². The van der Waals surface area contributed by atoms with Crippen LogP contribution in [0.1, 0.15) is 15.9 Å². The molecule has 0 atom stereocenters. The molecule has 1 amide bonds. The van der Waals surface area contributed by atoms with Crippen LogP contribution in [0.25, 0.3) is 0 Å². The van der Waals surface area contributed by atoms with Crippen molar-refractivity contribution in [3.8, 4) is 0 Å². The molecule has 0 aliphatic heterocycles. The van der Waals surface area contributed by atoms with Gasteiger partial charge in [0.25, 0.3) is 5.91 Å². The molecule has 3 N–H and O–H groups in total. The molecular weight excluding hydrogens is 302 g/mol. The summed E-state index contributed by atoms with van der Waals surface area (Å²) in [6.45, 7) is 1.87. The molecule has 2 aromatic rings. The summed E-state index contributed by atoms with van der Waals surface area (Å²) in [5, 5.41) is 3.25. The number of anilines is 2. The van der Waals surface area contributed by atoms with Crippen LogP contribution in [0.15, 0.2) is 28.2 Å². The minimum Gasteiger partial charge on any atom is -0.398 e. The van der Waals surface area contributed by atoms with E-state index in [4.69, 9.17) is 5.73 Å². The number of aromatic nitrogens is 1. The number of benzene rings is 1. The van der Waals surface area contributed by atoms with Gasteiger partial charge in [-0.25, -0.2) is 4.98 Å². The van der Waals surface area contributed by atoms with Gasteiger partial charge in [0.15, 0.2) is 5.13 Å². The Labute approximate surface area is 111 Å². The Morgan fingerprint density at radius 1 is 1.53 bits per heavy atom. The molecule has 1 aromatic carbocycles. The van der Waals surface area contributed by atoms with Gasteiger partial charge in [0.1, 0.15) is 0 Å². The minimum atomic E-state index is -0.243. The highest BCUT2D eigenvalue weighted by Crippen LogP contribution is 2.24. The third-order valence-electron chi connectivity index (χ3n) is 2.27. The van der Waals surface area contributed by atoms with E-state index in [1.165, 1.54) is 11.3 Å². The number of aryl methyl sites for hydroxylation is 1. The van der Waals surface area contributed by atoms with Crippen molar-refractivity contribution in [2.75, 3.05) is 11.1 Å². The van der Waals surface area contributed by atoms with Gasteiger partial charge in [-0.05, 0) is 34.5 Å². The van der Waals surface area contributed by atoms with Crippen LogP contribution >= 0.6 is 27.3 Å². The minimum absolute atomic E-state index is 0.243. The molecule has 6 heteroatoms. The number of hydrogen-bond acceptors (Lipinski definition) is 4. The Morgan fingerprint density at radius 3 is 2.94 bits per heavy atom. The fourth-order valence-corrected chi connectivity index (χ4v) is 2.46. The summed E-state index contributed by atoms with van der Waals surface area (Å²) in [6.07, 6.45) is 1.64. The predicted molar refractivity (Wildman–Crippen MR) is 73.4 cm³/mol. The third kappa shape index (κ3) is 2.65. The van der Waals surface area contributed by atoms with Crippen LogP contribution in [0.2, 0.25) is 0 Å². The number of nitrogen functional groups attached to an aromatic ring is 1. The van der Waals surface area contributed by atoms with Crippen molar-refractivity contribution < 1.29 is 4.79 Å². The van der Waals surface area contributed by atoms with Crippen molar-refractivity contribution in [1.29, 1.82) is 0 Å². The fraction of sp³-hybridized carbons (Fsp3) is 0.0909. The number of para-hydroxylation sites is 1. The van der Waals surface area contributed by atoms with E-state index in [0.29, 0.717) is 16.4 Å². The van der Waals surface area contributed by atoms with Crippen molar-refractivity contribution in [3.05, 3.63) is 39.3 Å². The Hall–Kier alpha value is -1.40. The maximum Gasteiger partial charge on any atom is 0.259 e. The summed E-state index contributed by atoms with van der Waals surface area (Å²) >= 11 is 4.64. The van der Waals surface area contributed by atoms with Gasteiger partial charge < -0.3 is 5.73 Å². The standard InChI is InChI=1S/C11H10BrN3OS/c1-6-3-2-4-7(9(6)13)10(16)15-11-14-5-8(12)17-11/h2-5H,13H2,1H3,(H,14,15,16). The molecular formula is C11H10BrN3OS. The number of carbonyl (C=O) groups is 1. The van der Waals surface area contributed by atoms with Crippen LogP contribution in [0.5, 0.6) is 0 Å². The van der Waals surface area contributed by atoms with Crippen LogP contribution in [-0.4, -0.2) is 10.9 Å². The van der Waals surface area contributed by atoms with E-state index in [1.54, 1.807) is 18.3 Å². The number of halogens is 1. The van der Waals surface area contributed by atoms with Crippen LogP contribution in [-0.2, 0) is 0 Å². The van der Waals surface area contributed by atoms with Crippen molar-refractivity contribution in [2.24, 2.45) is 0 Å². The number of nitrogens with one attached hydrogen (secondary N) is 1. The number of carbonyl (C=O) groups excluding carboxylic acids is 1. The van der Waals surface area contributed by atoms with Gasteiger partial charge in [0.2, 0.25) is 0 Å². The molecule has 0 radical (unpaired) electrons. The first kappa shape index (κ1) is 12.1. The summed E-state index contributed by atoms with van der Waals surface area (Å²) < 4.78 is 0.866. The van der Waals surface area contributed by atoms with E-state index in [9.17, 15) is 4.79 Å². The number of thiazole rings is 1. The average molecular weight is 312 g/mol. The third-order valence-corrected chi connectivity index (χ3v) is 3.66. The molecule has 2 rings (SSSR count). The van der Waals surface area contributed by atoms with Gasteiger partial charge in [-0.1, -0.05) is 23.5 Å². The van der Waals surface area contributed by atoms with Gasteiger partial charge >= 0.3 is 0 Å². The van der Waals surface area contributed by atoms with Gasteiger partial charge in [-0.2, -0.15) is 0 Å². The lowest BCUT2D eigenvalue weighted by Crippen LogP contribution is -2.14. The molecule has 0 saturated heterocycles. The molecule has 4 nitrogen and oxygen atoms in total. The van der Waals surface area contributed by atoms with E-state index in [-0.39, 0.29) is 5.91 Å². The summed E-state index contributed by atoms with van der Waals surface area (Å²) in [5.41, 5.74) is 7.71. The number of nitrogens with zero attached hydrogens (tertiary/aromatic N) is 1. The highest BCUT2D eigenvalue weighted by molar-refractivity contribution is 9.11. The molecule has 0 bridgehead atoms. The van der Waals surface area contributed by atoms with Crippen molar-refractivity contribution >= 4 is 44.0 Å². The zero-order chi connectivity index (χ0) is 12.4. The number of amides is 1. The van der Waals surface area contributed by atoms with Gasteiger partial charge in [-0.3, -0.25) is 10.1 Å². The normalized spacial score (nSPS) is 10.2. The molecule has 0 fully saturated rings. The lowest BCUT2D eigenvalue weighted by atomic mass is 10.1. The molecule has 0 aliphatic rings. The Bertz CT molecular complexity index is 568. The quantitative estimate of drug-likeness (QED) is 0.838. The topological polar surface area (TPSA) is 68.0 Å². The first-order valence-electron chi connectivity index (χ1n) is 4.85. The van der Waals surface area contributed by atoms with E-state index < -0.39 is 0 Å². The van der Waals surface area contributed by atoms with Gasteiger partial charge in [0.05, 0.1) is 15.5 Å². The van der Waals surface area contributed by atoms with Crippen LogP contribution in [0, 0.1) is 6.92 Å². The summed E-state index contributed by atoms with van der Waals surface area (Å²) in [5.74, 6) is -0.243. The predicted octanol–water partition coefficient (Wildman–Crippen LogP) is 3.05. The van der Waals surface area contributed by atoms with Crippen LogP contribution in [0.3, 0.4) is 0 Å². The number of nitrogens with two attached hydrogens (primary N) is 1. The van der Waals surface area contributed by atoms with E-state index in [1.807, 2.05) is 13.0 Å². The maximum atomic E-state index is 12.0. The Morgan fingerprint density at radius 2 is 2.29 bits per heavy atom. The number of rotatable bonds is 2. The molecule has 0 unspecified atom stereocenters. The monoisotopic (exact) mass is 311 g/mol. The largest absolute Gasteiger partial charge is 0.398 e. The molecule has 0 spiro atoms. The summed E-state index contributed by atoms with van der Waals surface area (Å²) in [7, 11) is 0. The zero-order valence-corrected chi connectivity index (χ0v) is 11.4.